The summed E-state index contributed by atoms with van der Waals surface area (Å²) in [6.07, 6.45) is 0.665. The molecule has 4 heteroatoms. The molecule has 4 nitrogen and oxygen atoms in total. The molecule has 0 aliphatic heterocycles. The zero-order chi connectivity index (χ0) is 15.6. The SMILES string of the molecule is CCN(CCOc1ccc(NC=O)cc1)Cc1ccccc1. The summed E-state index contributed by atoms with van der Waals surface area (Å²) in [6.45, 7) is 5.59. The molecule has 0 atom stereocenters. The summed E-state index contributed by atoms with van der Waals surface area (Å²) >= 11 is 0. The second-order valence-electron chi connectivity index (χ2n) is 4.99. The molecule has 0 spiro atoms. The van der Waals surface area contributed by atoms with Crippen LogP contribution in [0, 0.1) is 0 Å². The van der Waals surface area contributed by atoms with Gasteiger partial charge in [0.15, 0.2) is 0 Å². The van der Waals surface area contributed by atoms with Crippen LogP contribution in [0.4, 0.5) is 5.69 Å². The maximum absolute atomic E-state index is 10.3. The van der Waals surface area contributed by atoms with Crippen LogP contribution in [0.25, 0.3) is 0 Å². The highest BCUT2D eigenvalue weighted by molar-refractivity contribution is 5.71. The van der Waals surface area contributed by atoms with E-state index in [1.165, 1.54) is 5.56 Å². The van der Waals surface area contributed by atoms with Gasteiger partial charge in [-0.15, -0.1) is 0 Å². The number of anilines is 1. The van der Waals surface area contributed by atoms with Gasteiger partial charge in [-0.1, -0.05) is 37.3 Å². The number of carbonyl (C=O) groups excluding carboxylic acids is 1. The molecule has 0 radical (unpaired) electrons. The lowest BCUT2D eigenvalue weighted by Gasteiger charge is -2.20. The number of hydrogen-bond acceptors (Lipinski definition) is 3. The molecule has 0 saturated heterocycles. The molecule has 1 N–H and O–H groups in total. The lowest BCUT2D eigenvalue weighted by molar-refractivity contribution is -0.105. The van der Waals surface area contributed by atoms with Crippen LogP contribution in [0.1, 0.15) is 12.5 Å². The Morgan fingerprint density at radius 2 is 1.82 bits per heavy atom. The van der Waals surface area contributed by atoms with Gasteiger partial charge in [-0.3, -0.25) is 9.69 Å². The number of carbonyl (C=O) groups is 1. The standard InChI is InChI=1S/C18H22N2O2/c1-2-20(14-16-6-4-3-5-7-16)12-13-22-18-10-8-17(9-11-18)19-15-21/h3-11,15H,2,12-14H2,1H3,(H,19,21). The van der Waals surface area contributed by atoms with Gasteiger partial charge in [-0.25, -0.2) is 0 Å². The molecule has 0 aliphatic carbocycles. The molecule has 0 heterocycles. The summed E-state index contributed by atoms with van der Waals surface area (Å²) in [5.74, 6) is 0.812. The predicted octanol–water partition coefficient (Wildman–Crippen LogP) is 3.16. The molecule has 0 fully saturated rings. The lowest BCUT2D eigenvalue weighted by Crippen LogP contribution is -2.27. The molecule has 22 heavy (non-hydrogen) atoms. The summed E-state index contributed by atoms with van der Waals surface area (Å²) in [5, 5.41) is 2.60. The zero-order valence-electron chi connectivity index (χ0n) is 12.9. The predicted molar refractivity (Wildman–Crippen MR) is 89.0 cm³/mol. The highest BCUT2D eigenvalue weighted by atomic mass is 16.5. The minimum Gasteiger partial charge on any atom is -0.492 e. The Labute approximate surface area is 131 Å². The van der Waals surface area contributed by atoms with Crippen LogP contribution >= 0.6 is 0 Å². The van der Waals surface area contributed by atoms with Crippen LogP contribution in [0.2, 0.25) is 0 Å². The molecular weight excluding hydrogens is 276 g/mol. The fraction of sp³-hybridized carbons (Fsp3) is 0.278. The first kappa shape index (κ1) is 16.0. The summed E-state index contributed by atoms with van der Waals surface area (Å²) < 4.78 is 5.75. The Morgan fingerprint density at radius 3 is 2.45 bits per heavy atom. The molecule has 0 saturated carbocycles. The number of likely N-dealkylation sites (N-methyl/N-ethyl adjacent to an activating group) is 1. The van der Waals surface area contributed by atoms with E-state index in [0.29, 0.717) is 13.0 Å². The molecular formula is C18H22N2O2. The van der Waals surface area contributed by atoms with Crippen LogP contribution in [0.5, 0.6) is 5.75 Å². The smallest absolute Gasteiger partial charge is 0.211 e. The van der Waals surface area contributed by atoms with Gasteiger partial charge in [0.05, 0.1) is 0 Å². The van der Waals surface area contributed by atoms with Crippen LogP contribution in [0.15, 0.2) is 54.6 Å². The van der Waals surface area contributed by atoms with E-state index < -0.39 is 0 Å². The third kappa shape index (κ3) is 5.22. The van der Waals surface area contributed by atoms with Crippen molar-refractivity contribution < 1.29 is 9.53 Å². The van der Waals surface area contributed by atoms with Crippen molar-refractivity contribution >= 4 is 12.1 Å². The Morgan fingerprint density at radius 1 is 1.09 bits per heavy atom. The Balaban J connectivity index is 1.77. The Bertz CT molecular complexity index is 555. The number of ether oxygens (including phenoxy) is 1. The first-order valence-corrected chi connectivity index (χ1v) is 7.51. The monoisotopic (exact) mass is 298 g/mol. The van der Waals surface area contributed by atoms with E-state index in [1.807, 2.05) is 30.3 Å². The van der Waals surface area contributed by atoms with Crippen molar-refractivity contribution in [1.29, 1.82) is 0 Å². The number of rotatable bonds is 9. The Kier molecular flexibility index (Phi) is 6.45. The quantitative estimate of drug-likeness (QED) is 0.723. The van der Waals surface area contributed by atoms with Gasteiger partial charge in [0.2, 0.25) is 6.41 Å². The van der Waals surface area contributed by atoms with Crippen molar-refractivity contribution in [3.05, 3.63) is 60.2 Å². The third-order valence-electron chi connectivity index (χ3n) is 3.45. The van der Waals surface area contributed by atoms with E-state index in [-0.39, 0.29) is 0 Å². The second kappa shape index (κ2) is 8.85. The fourth-order valence-corrected chi connectivity index (χ4v) is 2.20. The van der Waals surface area contributed by atoms with E-state index in [2.05, 4.69) is 41.4 Å². The minimum atomic E-state index is 0.640. The maximum Gasteiger partial charge on any atom is 0.211 e. The van der Waals surface area contributed by atoms with Crippen molar-refractivity contribution in [3.63, 3.8) is 0 Å². The topological polar surface area (TPSA) is 41.6 Å². The van der Waals surface area contributed by atoms with Gasteiger partial charge in [-0.05, 0) is 36.4 Å². The second-order valence-corrected chi connectivity index (χ2v) is 4.99. The molecule has 1 amide bonds. The highest BCUT2D eigenvalue weighted by Crippen LogP contribution is 2.15. The molecule has 2 aromatic carbocycles. The van der Waals surface area contributed by atoms with Crippen LogP contribution in [-0.2, 0) is 11.3 Å². The van der Waals surface area contributed by atoms with Gasteiger partial charge < -0.3 is 10.1 Å². The first-order chi connectivity index (χ1) is 10.8. The Hall–Kier alpha value is -2.33. The van der Waals surface area contributed by atoms with Crippen molar-refractivity contribution in [2.24, 2.45) is 0 Å². The van der Waals surface area contributed by atoms with Gasteiger partial charge >= 0.3 is 0 Å². The molecule has 2 aromatic rings. The van der Waals surface area contributed by atoms with E-state index >= 15 is 0 Å². The molecule has 2 rings (SSSR count). The van der Waals surface area contributed by atoms with Crippen molar-refractivity contribution in [2.75, 3.05) is 25.0 Å². The number of nitrogens with zero attached hydrogens (tertiary/aromatic N) is 1. The molecule has 0 aliphatic rings. The van der Waals surface area contributed by atoms with Gasteiger partial charge in [0, 0.05) is 18.8 Å². The van der Waals surface area contributed by atoms with E-state index in [0.717, 1.165) is 31.1 Å². The average Bonchev–Trinajstić information content (AvgIpc) is 2.57. The normalized spacial score (nSPS) is 10.5. The summed E-state index contributed by atoms with van der Waals surface area (Å²) in [5.41, 5.74) is 2.08. The van der Waals surface area contributed by atoms with Gasteiger partial charge in [0.25, 0.3) is 0 Å². The van der Waals surface area contributed by atoms with Crippen LogP contribution < -0.4 is 10.1 Å². The minimum absolute atomic E-state index is 0.640. The van der Waals surface area contributed by atoms with E-state index in [9.17, 15) is 4.79 Å². The zero-order valence-corrected chi connectivity index (χ0v) is 12.9. The number of amides is 1. The largest absolute Gasteiger partial charge is 0.492 e. The number of hydrogen-bond donors (Lipinski definition) is 1. The molecule has 0 unspecified atom stereocenters. The third-order valence-corrected chi connectivity index (χ3v) is 3.45. The lowest BCUT2D eigenvalue weighted by atomic mass is 10.2. The maximum atomic E-state index is 10.3. The van der Waals surface area contributed by atoms with E-state index in [1.54, 1.807) is 0 Å². The molecule has 116 valence electrons. The van der Waals surface area contributed by atoms with E-state index in [4.69, 9.17) is 4.74 Å². The number of nitrogens with one attached hydrogen (secondary N) is 1. The van der Waals surface area contributed by atoms with Gasteiger partial charge in [-0.2, -0.15) is 0 Å². The van der Waals surface area contributed by atoms with Crippen LogP contribution in [-0.4, -0.2) is 31.0 Å². The van der Waals surface area contributed by atoms with Crippen molar-refractivity contribution in [1.82, 2.24) is 4.90 Å². The van der Waals surface area contributed by atoms with Crippen molar-refractivity contribution in [2.45, 2.75) is 13.5 Å². The molecule has 0 aromatic heterocycles. The summed E-state index contributed by atoms with van der Waals surface area (Å²) in [7, 11) is 0. The number of benzene rings is 2. The summed E-state index contributed by atoms with van der Waals surface area (Å²) in [6, 6.07) is 17.8. The van der Waals surface area contributed by atoms with Gasteiger partial charge in [0.1, 0.15) is 12.4 Å². The van der Waals surface area contributed by atoms with Crippen molar-refractivity contribution in [3.8, 4) is 5.75 Å². The summed E-state index contributed by atoms with van der Waals surface area (Å²) in [4.78, 5) is 12.7. The highest BCUT2D eigenvalue weighted by Gasteiger charge is 2.04. The first-order valence-electron chi connectivity index (χ1n) is 7.51. The fourth-order valence-electron chi connectivity index (χ4n) is 2.20. The average molecular weight is 298 g/mol. The van der Waals surface area contributed by atoms with Crippen LogP contribution in [0.3, 0.4) is 0 Å². The molecule has 0 bridgehead atoms.